The molecule has 3 rings (SSSR count). The molecule has 108 valence electrons. The summed E-state index contributed by atoms with van der Waals surface area (Å²) >= 11 is 3.61. The normalized spacial score (nSPS) is 15.0. The second kappa shape index (κ2) is 5.33. The fraction of sp³-hybridized carbons (Fsp3) is 0.571. The van der Waals surface area contributed by atoms with Gasteiger partial charge in [-0.2, -0.15) is 10.2 Å². The first-order valence-electron chi connectivity index (χ1n) is 6.99. The van der Waals surface area contributed by atoms with Gasteiger partial charge in [-0.25, -0.2) is 0 Å². The molecule has 1 fully saturated rings. The van der Waals surface area contributed by atoms with Crippen molar-refractivity contribution in [3.63, 3.8) is 0 Å². The average Bonchev–Trinajstić information content (AvgIpc) is 3.13. The maximum Gasteiger partial charge on any atom is 0.0842 e. The molecule has 2 aromatic rings. The molecule has 2 heterocycles. The minimum Gasteiger partial charge on any atom is -0.310 e. The van der Waals surface area contributed by atoms with Crippen molar-refractivity contribution < 1.29 is 0 Å². The summed E-state index contributed by atoms with van der Waals surface area (Å²) in [6.07, 6.45) is 4.60. The molecule has 1 N–H and O–H groups in total. The highest BCUT2D eigenvalue weighted by molar-refractivity contribution is 9.10. The lowest BCUT2D eigenvalue weighted by Crippen LogP contribution is -2.16. The summed E-state index contributed by atoms with van der Waals surface area (Å²) in [6.45, 7) is 5.80. The monoisotopic (exact) mass is 337 g/mol. The fourth-order valence-electron chi connectivity index (χ4n) is 2.35. The Hall–Kier alpha value is -1.14. The molecule has 0 atom stereocenters. The van der Waals surface area contributed by atoms with Crippen LogP contribution < -0.4 is 5.32 Å². The molecule has 20 heavy (non-hydrogen) atoms. The maximum atomic E-state index is 4.52. The van der Waals surface area contributed by atoms with E-state index in [1.165, 1.54) is 24.1 Å². The Bertz CT molecular complexity index is 624. The maximum absolute atomic E-state index is 4.52. The number of hydrogen-bond donors (Lipinski definition) is 1. The third-order valence-corrected chi connectivity index (χ3v) is 4.96. The fourth-order valence-corrected chi connectivity index (χ4v) is 2.81. The van der Waals surface area contributed by atoms with Crippen LogP contribution in [0.15, 0.2) is 10.7 Å². The van der Waals surface area contributed by atoms with Crippen LogP contribution in [0.3, 0.4) is 0 Å². The zero-order chi connectivity index (χ0) is 14.3. The SMILES string of the molecule is Cc1nn(C)c(Cn2ncc(CNC3CC3)c2C)c1Br. The molecule has 0 saturated heterocycles. The van der Waals surface area contributed by atoms with E-state index in [-0.39, 0.29) is 0 Å². The summed E-state index contributed by atoms with van der Waals surface area (Å²) in [5.74, 6) is 0. The van der Waals surface area contributed by atoms with Crippen molar-refractivity contribution in [2.24, 2.45) is 7.05 Å². The van der Waals surface area contributed by atoms with Crippen molar-refractivity contribution in [3.8, 4) is 0 Å². The van der Waals surface area contributed by atoms with Gasteiger partial charge in [0.2, 0.25) is 0 Å². The Morgan fingerprint density at radius 1 is 1.40 bits per heavy atom. The molecular weight excluding hydrogens is 318 g/mol. The highest BCUT2D eigenvalue weighted by Crippen LogP contribution is 2.22. The van der Waals surface area contributed by atoms with E-state index in [1.54, 1.807) is 0 Å². The first-order chi connectivity index (χ1) is 9.56. The van der Waals surface area contributed by atoms with Crippen LogP contribution in [-0.4, -0.2) is 25.6 Å². The van der Waals surface area contributed by atoms with Gasteiger partial charge in [0.1, 0.15) is 0 Å². The van der Waals surface area contributed by atoms with Crippen molar-refractivity contribution in [1.29, 1.82) is 0 Å². The van der Waals surface area contributed by atoms with Gasteiger partial charge in [0, 0.05) is 30.9 Å². The summed E-state index contributed by atoms with van der Waals surface area (Å²) in [5.41, 5.74) is 4.68. The van der Waals surface area contributed by atoms with Gasteiger partial charge in [-0.05, 0) is 42.6 Å². The quantitative estimate of drug-likeness (QED) is 0.910. The van der Waals surface area contributed by atoms with E-state index >= 15 is 0 Å². The molecule has 2 aromatic heterocycles. The van der Waals surface area contributed by atoms with E-state index < -0.39 is 0 Å². The molecule has 1 aliphatic carbocycles. The van der Waals surface area contributed by atoms with Crippen LogP contribution in [0.4, 0.5) is 0 Å². The number of rotatable bonds is 5. The topological polar surface area (TPSA) is 47.7 Å². The van der Waals surface area contributed by atoms with Gasteiger partial charge in [-0.1, -0.05) is 0 Å². The summed E-state index contributed by atoms with van der Waals surface area (Å²) in [6, 6.07) is 0.728. The van der Waals surface area contributed by atoms with Crippen LogP contribution >= 0.6 is 15.9 Å². The van der Waals surface area contributed by atoms with E-state index in [4.69, 9.17) is 0 Å². The number of nitrogens with one attached hydrogen (secondary N) is 1. The van der Waals surface area contributed by atoms with Crippen molar-refractivity contribution in [1.82, 2.24) is 24.9 Å². The predicted octanol–water partition coefficient (Wildman–Crippen LogP) is 2.30. The van der Waals surface area contributed by atoms with Crippen molar-refractivity contribution in [3.05, 3.63) is 33.3 Å². The molecule has 0 unspecified atom stereocenters. The van der Waals surface area contributed by atoms with Gasteiger partial charge >= 0.3 is 0 Å². The zero-order valence-electron chi connectivity index (χ0n) is 12.1. The molecule has 1 saturated carbocycles. The third kappa shape index (κ3) is 2.67. The second-order valence-corrected chi connectivity index (χ2v) is 6.33. The minimum atomic E-state index is 0.728. The smallest absolute Gasteiger partial charge is 0.0842 e. The molecule has 0 spiro atoms. The van der Waals surface area contributed by atoms with Crippen LogP contribution in [0.5, 0.6) is 0 Å². The van der Waals surface area contributed by atoms with Crippen molar-refractivity contribution in [2.45, 2.75) is 45.8 Å². The van der Waals surface area contributed by atoms with Crippen LogP contribution in [0, 0.1) is 13.8 Å². The van der Waals surface area contributed by atoms with Gasteiger partial charge in [-0.15, -0.1) is 0 Å². The zero-order valence-corrected chi connectivity index (χ0v) is 13.7. The second-order valence-electron chi connectivity index (χ2n) is 5.54. The van der Waals surface area contributed by atoms with Crippen LogP contribution in [0.25, 0.3) is 0 Å². The lowest BCUT2D eigenvalue weighted by atomic mass is 10.2. The Kier molecular flexibility index (Phi) is 3.69. The molecule has 5 nitrogen and oxygen atoms in total. The van der Waals surface area contributed by atoms with Gasteiger partial charge in [-0.3, -0.25) is 9.36 Å². The minimum absolute atomic E-state index is 0.728. The standard InChI is InChI=1S/C14H20BrN5/c1-9-14(15)13(19(3)18-9)8-20-10(2)11(7-17-20)6-16-12-4-5-12/h7,12,16H,4-6,8H2,1-3H3. The van der Waals surface area contributed by atoms with Crippen molar-refractivity contribution >= 4 is 15.9 Å². The number of nitrogens with zero attached hydrogens (tertiary/aromatic N) is 4. The molecule has 0 aromatic carbocycles. The molecule has 0 bridgehead atoms. The Morgan fingerprint density at radius 2 is 2.15 bits per heavy atom. The molecule has 1 aliphatic rings. The predicted molar refractivity (Wildman–Crippen MR) is 81.6 cm³/mol. The van der Waals surface area contributed by atoms with E-state index in [9.17, 15) is 0 Å². The number of hydrogen-bond acceptors (Lipinski definition) is 3. The number of halogens is 1. The average molecular weight is 338 g/mol. The first-order valence-corrected chi connectivity index (χ1v) is 7.78. The summed E-state index contributed by atoms with van der Waals surface area (Å²) in [5, 5.41) is 12.5. The Labute approximate surface area is 127 Å². The summed E-state index contributed by atoms with van der Waals surface area (Å²) in [7, 11) is 1.97. The third-order valence-electron chi connectivity index (χ3n) is 3.92. The molecule has 0 aliphatic heterocycles. The first kappa shape index (κ1) is 13.8. The van der Waals surface area contributed by atoms with E-state index in [0.717, 1.165) is 35.0 Å². The molecular formula is C14H20BrN5. The number of aryl methyl sites for hydroxylation is 2. The van der Waals surface area contributed by atoms with Crippen LogP contribution in [0.2, 0.25) is 0 Å². The highest BCUT2D eigenvalue weighted by Gasteiger charge is 2.21. The van der Waals surface area contributed by atoms with E-state index in [1.807, 2.05) is 29.5 Å². The van der Waals surface area contributed by atoms with Gasteiger partial charge in [0.05, 0.1) is 28.6 Å². The van der Waals surface area contributed by atoms with Gasteiger partial charge < -0.3 is 5.32 Å². The number of aromatic nitrogens is 4. The van der Waals surface area contributed by atoms with E-state index in [2.05, 4.69) is 38.4 Å². The summed E-state index contributed by atoms with van der Waals surface area (Å²) < 4.78 is 5.04. The van der Waals surface area contributed by atoms with Crippen LogP contribution in [0.1, 0.15) is 35.5 Å². The summed E-state index contributed by atoms with van der Waals surface area (Å²) in [4.78, 5) is 0. The van der Waals surface area contributed by atoms with Crippen molar-refractivity contribution in [2.75, 3.05) is 0 Å². The van der Waals surface area contributed by atoms with Crippen LogP contribution in [-0.2, 0) is 20.1 Å². The van der Waals surface area contributed by atoms with Gasteiger partial charge in [0.15, 0.2) is 0 Å². The highest BCUT2D eigenvalue weighted by atomic mass is 79.9. The largest absolute Gasteiger partial charge is 0.310 e. The lowest BCUT2D eigenvalue weighted by Gasteiger charge is -2.07. The lowest BCUT2D eigenvalue weighted by molar-refractivity contribution is 0.602. The molecule has 0 amide bonds. The Morgan fingerprint density at radius 3 is 2.75 bits per heavy atom. The van der Waals surface area contributed by atoms with E-state index in [0.29, 0.717) is 0 Å². The molecule has 6 heteroatoms. The molecule has 0 radical (unpaired) electrons. The Balaban J connectivity index is 1.76. The van der Waals surface area contributed by atoms with Gasteiger partial charge in [0.25, 0.3) is 0 Å².